The van der Waals surface area contributed by atoms with Crippen LogP contribution in [0.2, 0.25) is 0 Å². The molecule has 0 amide bonds. The van der Waals surface area contributed by atoms with Crippen molar-refractivity contribution in [3.05, 3.63) is 35.5 Å². The second-order valence-electron chi connectivity index (χ2n) is 5.48. The number of aryl methyl sites for hydroxylation is 1. The van der Waals surface area contributed by atoms with Gasteiger partial charge in [-0.3, -0.25) is 0 Å². The number of anilines is 1. The maximum absolute atomic E-state index is 5.23. The largest absolute Gasteiger partial charge is 0.497 e. The molecule has 0 aliphatic carbocycles. The SMILES string of the molecule is COc1ccc(-c2csc3nc(C)nc(NC(C)C)c23)cc1. The minimum atomic E-state index is 0.320. The van der Waals surface area contributed by atoms with E-state index in [2.05, 4.69) is 46.6 Å². The monoisotopic (exact) mass is 313 g/mol. The van der Waals surface area contributed by atoms with E-state index in [4.69, 9.17) is 4.74 Å². The Morgan fingerprint density at radius 2 is 1.86 bits per heavy atom. The number of aromatic nitrogens is 2. The highest BCUT2D eigenvalue weighted by Gasteiger charge is 2.15. The molecular weight excluding hydrogens is 294 g/mol. The zero-order valence-electron chi connectivity index (χ0n) is 13.2. The lowest BCUT2D eigenvalue weighted by atomic mass is 10.1. The highest BCUT2D eigenvalue weighted by molar-refractivity contribution is 7.17. The van der Waals surface area contributed by atoms with Crippen LogP contribution in [0.4, 0.5) is 5.82 Å². The molecule has 1 N–H and O–H groups in total. The fourth-order valence-corrected chi connectivity index (χ4v) is 3.40. The lowest BCUT2D eigenvalue weighted by Crippen LogP contribution is -2.12. The molecule has 2 heterocycles. The van der Waals surface area contributed by atoms with Crippen LogP contribution in [0.15, 0.2) is 29.6 Å². The first-order chi connectivity index (χ1) is 10.6. The molecule has 0 radical (unpaired) electrons. The highest BCUT2D eigenvalue weighted by atomic mass is 32.1. The molecule has 0 bridgehead atoms. The number of thiophene rings is 1. The Kier molecular flexibility index (Phi) is 3.98. The van der Waals surface area contributed by atoms with E-state index in [1.807, 2.05) is 19.1 Å². The van der Waals surface area contributed by atoms with E-state index >= 15 is 0 Å². The minimum Gasteiger partial charge on any atom is -0.497 e. The summed E-state index contributed by atoms with van der Waals surface area (Å²) in [6.45, 7) is 6.16. The number of nitrogens with one attached hydrogen (secondary N) is 1. The smallest absolute Gasteiger partial charge is 0.139 e. The lowest BCUT2D eigenvalue weighted by molar-refractivity contribution is 0.415. The van der Waals surface area contributed by atoms with Crippen LogP contribution in [-0.4, -0.2) is 23.1 Å². The molecule has 22 heavy (non-hydrogen) atoms. The van der Waals surface area contributed by atoms with Gasteiger partial charge in [-0.05, 0) is 38.5 Å². The molecule has 0 atom stereocenters. The summed E-state index contributed by atoms with van der Waals surface area (Å²) in [4.78, 5) is 10.2. The number of ether oxygens (including phenoxy) is 1. The molecule has 1 aromatic carbocycles. The predicted molar refractivity (Wildman–Crippen MR) is 92.9 cm³/mol. The van der Waals surface area contributed by atoms with Gasteiger partial charge in [-0.1, -0.05) is 12.1 Å². The summed E-state index contributed by atoms with van der Waals surface area (Å²) in [6, 6.07) is 8.41. The maximum atomic E-state index is 5.23. The van der Waals surface area contributed by atoms with E-state index in [-0.39, 0.29) is 0 Å². The molecule has 3 rings (SSSR count). The third kappa shape index (κ3) is 2.76. The van der Waals surface area contributed by atoms with Gasteiger partial charge in [0.25, 0.3) is 0 Å². The Bertz CT molecular complexity index is 794. The summed E-state index contributed by atoms with van der Waals surface area (Å²) in [5.41, 5.74) is 2.30. The van der Waals surface area contributed by atoms with Crippen LogP contribution in [0, 0.1) is 6.92 Å². The van der Waals surface area contributed by atoms with Crippen molar-refractivity contribution >= 4 is 27.4 Å². The zero-order chi connectivity index (χ0) is 15.7. The Morgan fingerprint density at radius 3 is 2.50 bits per heavy atom. The summed E-state index contributed by atoms with van der Waals surface area (Å²) >= 11 is 1.65. The molecule has 0 spiro atoms. The Labute approximate surface area is 134 Å². The number of benzene rings is 1. The van der Waals surface area contributed by atoms with Crippen LogP contribution >= 0.6 is 11.3 Å². The first-order valence-corrected chi connectivity index (χ1v) is 8.13. The van der Waals surface area contributed by atoms with Gasteiger partial charge in [0.2, 0.25) is 0 Å². The number of methoxy groups -OCH3 is 1. The normalized spacial score (nSPS) is 11.1. The van der Waals surface area contributed by atoms with E-state index in [1.165, 1.54) is 0 Å². The highest BCUT2D eigenvalue weighted by Crippen LogP contribution is 2.37. The van der Waals surface area contributed by atoms with Gasteiger partial charge in [0.1, 0.15) is 22.2 Å². The second kappa shape index (κ2) is 5.93. The van der Waals surface area contributed by atoms with Crippen LogP contribution in [-0.2, 0) is 0 Å². The summed E-state index contributed by atoms with van der Waals surface area (Å²) in [5.74, 6) is 2.55. The average molecular weight is 313 g/mol. The van der Waals surface area contributed by atoms with Gasteiger partial charge in [-0.25, -0.2) is 9.97 Å². The van der Waals surface area contributed by atoms with E-state index in [0.717, 1.165) is 38.7 Å². The van der Waals surface area contributed by atoms with E-state index in [1.54, 1.807) is 18.4 Å². The third-order valence-corrected chi connectivity index (χ3v) is 4.24. The topological polar surface area (TPSA) is 47.0 Å². The van der Waals surface area contributed by atoms with Crippen molar-refractivity contribution in [3.8, 4) is 16.9 Å². The molecule has 0 aliphatic heterocycles. The Balaban J connectivity index is 2.16. The Hall–Kier alpha value is -2.14. The molecule has 2 aromatic heterocycles. The molecule has 0 saturated heterocycles. The van der Waals surface area contributed by atoms with Crippen LogP contribution in [0.25, 0.3) is 21.3 Å². The van der Waals surface area contributed by atoms with Crippen molar-refractivity contribution in [1.82, 2.24) is 9.97 Å². The number of hydrogen-bond acceptors (Lipinski definition) is 5. The van der Waals surface area contributed by atoms with Gasteiger partial charge >= 0.3 is 0 Å². The zero-order valence-corrected chi connectivity index (χ0v) is 14.0. The number of rotatable bonds is 4. The van der Waals surface area contributed by atoms with Crippen LogP contribution in [0.3, 0.4) is 0 Å². The summed E-state index contributed by atoms with van der Waals surface area (Å²) in [7, 11) is 1.68. The van der Waals surface area contributed by atoms with Gasteiger partial charge in [-0.2, -0.15) is 0 Å². The van der Waals surface area contributed by atoms with Gasteiger partial charge in [0.15, 0.2) is 0 Å². The quantitative estimate of drug-likeness (QED) is 0.770. The molecular formula is C17H19N3OS. The molecule has 0 saturated carbocycles. The summed E-state index contributed by atoms with van der Waals surface area (Å²) < 4.78 is 5.23. The van der Waals surface area contributed by atoms with Gasteiger partial charge in [-0.15, -0.1) is 11.3 Å². The van der Waals surface area contributed by atoms with Crippen LogP contribution in [0.5, 0.6) is 5.75 Å². The standard InChI is InChI=1S/C17H19N3OS/c1-10(2)18-16-15-14(9-22-17(15)20-11(3)19-16)12-5-7-13(21-4)8-6-12/h5-10H,1-4H3,(H,18,19,20). The van der Waals surface area contributed by atoms with Gasteiger partial charge in [0, 0.05) is 17.0 Å². The summed E-state index contributed by atoms with van der Waals surface area (Å²) in [5, 5.41) is 6.68. The maximum Gasteiger partial charge on any atom is 0.139 e. The van der Waals surface area contributed by atoms with Crippen LogP contribution < -0.4 is 10.1 Å². The van der Waals surface area contributed by atoms with E-state index in [9.17, 15) is 0 Å². The predicted octanol–water partition coefficient (Wildman–Crippen LogP) is 4.50. The Morgan fingerprint density at radius 1 is 1.14 bits per heavy atom. The van der Waals surface area contributed by atoms with Gasteiger partial charge in [0.05, 0.1) is 12.5 Å². The molecule has 114 valence electrons. The molecule has 0 aliphatic rings. The third-order valence-electron chi connectivity index (χ3n) is 3.37. The fourth-order valence-electron chi connectivity index (χ4n) is 2.41. The van der Waals surface area contributed by atoms with Crippen molar-refractivity contribution in [2.24, 2.45) is 0 Å². The first kappa shape index (κ1) is 14.8. The van der Waals surface area contributed by atoms with Gasteiger partial charge < -0.3 is 10.1 Å². The average Bonchev–Trinajstić information content (AvgIpc) is 2.90. The number of nitrogens with zero attached hydrogens (tertiary/aromatic N) is 2. The van der Waals surface area contributed by atoms with Crippen molar-refractivity contribution in [2.45, 2.75) is 26.8 Å². The summed E-state index contributed by atoms with van der Waals surface area (Å²) in [6.07, 6.45) is 0. The van der Waals surface area contributed by atoms with Crippen LogP contribution in [0.1, 0.15) is 19.7 Å². The molecule has 0 fully saturated rings. The molecule has 3 aromatic rings. The molecule has 5 heteroatoms. The van der Waals surface area contributed by atoms with Crippen molar-refractivity contribution < 1.29 is 4.74 Å². The second-order valence-corrected chi connectivity index (χ2v) is 6.33. The minimum absolute atomic E-state index is 0.320. The molecule has 0 unspecified atom stereocenters. The number of hydrogen-bond donors (Lipinski definition) is 1. The van der Waals surface area contributed by atoms with Crippen molar-refractivity contribution in [3.63, 3.8) is 0 Å². The fraction of sp³-hybridized carbons (Fsp3) is 0.294. The first-order valence-electron chi connectivity index (χ1n) is 7.25. The molecule has 4 nitrogen and oxygen atoms in total. The van der Waals surface area contributed by atoms with Crippen molar-refractivity contribution in [1.29, 1.82) is 0 Å². The van der Waals surface area contributed by atoms with E-state index < -0.39 is 0 Å². The van der Waals surface area contributed by atoms with Crippen molar-refractivity contribution in [2.75, 3.05) is 12.4 Å². The lowest BCUT2D eigenvalue weighted by Gasteiger charge is -2.12. The van der Waals surface area contributed by atoms with E-state index in [0.29, 0.717) is 6.04 Å². The number of fused-ring (bicyclic) bond motifs is 1.